The number of aromatic hydroxyl groups is 1. The predicted octanol–water partition coefficient (Wildman–Crippen LogP) is 2.15. The fraction of sp³-hybridized carbons (Fsp3) is 0.533. The van der Waals surface area contributed by atoms with Crippen molar-refractivity contribution in [2.75, 3.05) is 13.1 Å². The van der Waals surface area contributed by atoms with E-state index in [4.69, 9.17) is 5.11 Å². The number of rotatable bonds is 3. The van der Waals surface area contributed by atoms with E-state index in [1.165, 1.54) is 12.1 Å². The Bertz CT molecular complexity index is 484. The average molecular weight is 281 g/mol. The van der Waals surface area contributed by atoms with Crippen LogP contribution in [-0.4, -0.2) is 40.2 Å². The SMILES string of the molecule is CC[C@@H](O)C1CCN(C(=O)c2ccc(O)c(F)c2)CC1. The zero-order chi connectivity index (χ0) is 14.7. The lowest BCUT2D eigenvalue weighted by molar-refractivity contribution is 0.0453. The van der Waals surface area contributed by atoms with Crippen molar-refractivity contribution < 1.29 is 19.4 Å². The highest BCUT2D eigenvalue weighted by molar-refractivity contribution is 5.94. The number of piperidine rings is 1. The highest BCUT2D eigenvalue weighted by Crippen LogP contribution is 2.24. The number of benzene rings is 1. The van der Waals surface area contributed by atoms with Crippen LogP contribution >= 0.6 is 0 Å². The van der Waals surface area contributed by atoms with Crippen LogP contribution in [0.3, 0.4) is 0 Å². The van der Waals surface area contributed by atoms with E-state index in [0.29, 0.717) is 13.1 Å². The number of hydrogen-bond donors (Lipinski definition) is 2. The lowest BCUT2D eigenvalue weighted by Crippen LogP contribution is -2.41. The van der Waals surface area contributed by atoms with E-state index in [1.807, 2.05) is 6.92 Å². The summed E-state index contributed by atoms with van der Waals surface area (Å²) in [7, 11) is 0. The Labute approximate surface area is 117 Å². The van der Waals surface area contributed by atoms with Crippen LogP contribution in [0.15, 0.2) is 18.2 Å². The van der Waals surface area contributed by atoms with Gasteiger partial charge in [0.15, 0.2) is 11.6 Å². The van der Waals surface area contributed by atoms with Gasteiger partial charge in [-0.05, 0) is 43.4 Å². The fourth-order valence-corrected chi connectivity index (χ4v) is 2.64. The molecule has 1 heterocycles. The predicted molar refractivity (Wildman–Crippen MR) is 73.0 cm³/mol. The van der Waals surface area contributed by atoms with Crippen LogP contribution in [0.1, 0.15) is 36.5 Å². The van der Waals surface area contributed by atoms with Gasteiger partial charge in [-0.3, -0.25) is 4.79 Å². The van der Waals surface area contributed by atoms with Crippen molar-refractivity contribution in [3.05, 3.63) is 29.6 Å². The summed E-state index contributed by atoms with van der Waals surface area (Å²) in [4.78, 5) is 13.9. The standard InChI is InChI=1S/C15H20FNO3/c1-2-13(18)10-5-7-17(8-6-10)15(20)11-3-4-14(19)12(16)9-11/h3-4,9-10,13,18-19H,2,5-8H2,1H3/t13-/m1/s1. The van der Waals surface area contributed by atoms with E-state index < -0.39 is 11.6 Å². The zero-order valence-corrected chi connectivity index (χ0v) is 11.6. The third kappa shape index (κ3) is 3.10. The van der Waals surface area contributed by atoms with E-state index in [1.54, 1.807) is 4.90 Å². The normalized spacial score (nSPS) is 18.1. The molecule has 1 atom stereocenters. The minimum atomic E-state index is -0.785. The molecule has 1 aromatic carbocycles. The lowest BCUT2D eigenvalue weighted by atomic mass is 9.90. The highest BCUT2D eigenvalue weighted by Gasteiger charge is 2.27. The molecule has 1 aromatic rings. The third-order valence-electron chi connectivity index (χ3n) is 3.98. The number of nitrogens with zero attached hydrogens (tertiary/aromatic N) is 1. The highest BCUT2D eigenvalue weighted by atomic mass is 19.1. The molecule has 110 valence electrons. The van der Waals surface area contributed by atoms with Gasteiger partial charge in [0.2, 0.25) is 0 Å². The lowest BCUT2D eigenvalue weighted by Gasteiger charge is -2.34. The number of carbonyl (C=O) groups excluding carboxylic acids is 1. The molecule has 4 nitrogen and oxygen atoms in total. The second-order valence-corrected chi connectivity index (χ2v) is 5.27. The maximum Gasteiger partial charge on any atom is 0.253 e. The molecule has 20 heavy (non-hydrogen) atoms. The minimum absolute atomic E-state index is 0.228. The number of aliphatic hydroxyl groups excluding tert-OH is 1. The molecule has 0 radical (unpaired) electrons. The van der Waals surface area contributed by atoms with Crippen molar-refractivity contribution >= 4 is 5.91 Å². The largest absolute Gasteiger partial charge is 0.505 e. The van der Waals surface area contributed by atoms with Crippen LogP contribution in [0.2, 0.25) is 0 Å². The Kier molecular flexibility index (Phi) is 4.60. The number of likely N-dealkylation sites (tertiary alicyclic amines) is 1. The summed E-state index contributed by atoms with van der Waals surface area (Å²) in [5, 5.41) is 18.9. The molecule has 0 aliphatic carbocycles. The first-order valence-corrected chi connectivity index (χ1v) is 6.98. The molecule has 1 aliphatic heterocycles. The molecule has 0 saturated carbocycles. The Morgan fingerprint density at radius 1 is 1.45 bits per heavy atom. The maximum atomic E-state index is 13.3. The molecule has 1 saturated heterocycles. The second-order valence-electron chi connectivity index (χ2n) is 5.27. The molecule has 0 bridgehead atoms. The minimum Gasteiger partial charge on any atom is -0.505 e. The van der Waals surface area contributed by atoms with Gasteiger partial charge >= 0.3 is 0 Å². The molecule has 0 aromatic heterocycles. The van der Waals surface area contributed by atoms with Crippen LogP contribution in [0, 0.1) is 11.7 Å². The van der Waals surface area contributed by atoms with Crippen molar-refractivity contribution in [2.45, 2.75) is 32.3 Å². The summed E-state index contributed by atoms with van der Waals surface area (Å²) in [6.07, 6.45) is 1.95. The van der Waals surface area contributed by atoms with E-state index in [9.17, 15) is 14.3 Å². The first kappa shape index (κ1) is 14.8. The first-order valence-electron chi connectivity index (χ1n) is 6.98. The molecule has 0 spiro atoms. The number of aliphatic hydroxyl groups is 1. The van der Waals surface area contributed by atoms with Crippen molar-refractivity contribution in [1.29, 1.82) is 0 Å². The number of hydrogen-bond acceptors (Lipinski definition) is 3. The molecule has 5 heteroatoms. The number of phenols is 1. The van der Waals surface area contributed by atoms with Gasteiger partial charge in [0.25, 0.3) is 5.91 Å². The van der Waals surface area contributed by atoms with E-state index in [2.05, 4.69) is 0 Å². The van der Waals surface area contributed by atoms with Gasteiger partial charge in [-0.15, -0.1) is 0 Å². The van der Waals surface area contributed by atoms with Gasteiger partial charge in [0.05, 0.1) is 6.10 Å². The van der Waals surface area contributed by atoms with Crippen molar-refractivity contribution in [1.82, 2.24) is 4.90 Å². The Morgan fingerprint density at radius 3 is 2.65 bits per heavy atom. The van der Waals surface area contributed by atoms with Crippen LogP contribution < -0.4 is 0 Å². The van der Waals surface area contributed by atoms with Crippen molar-refractivity contribution in [2.24, 2.45) is 5.92 Å². The van der Waals surface area contributed by atoms with Crippen LogP contribution in [0.5, 0.6) is 5.75 Å². The van der Waals surface area contributed by atoms with Gasteiger partial charge in [0, 0.05) is 18.7 Å². The summed E-state index contributed by atoms with van der Waals surface area (Å²) < 4.78 is 13.3. The van der Waals surface area contributed by atoms with Gasteiger partial charge in [-0.25, -0.2) is 4.39 Å². The van der Waals surface area contributed by atoms with Gasteiger partial charge in [-0.1, -0.05) is 6.92 Å². The molecule has 1 aliphatic rings. The smallest absolute Gasteiger partial charge is 0.253 e. The zero-order valence-electron chi connectivity index (χ0n) is 11.6. The molecule has 1 fully saturated rings. The topological polar surface area (TPSA) is 60.8 Å². The molecular formula is C15H20FNO3. The van der Waals surface area contributed by atoms with E-state index in [-0.39, 0.29) is 23.5 Å². The van der Waals surface area contributed by atoms with Gasteiger partial charge < -0.3 is 15.1 Å². The Hall–Kier alpha value is -1.62. The van der Waals surface area contributed by atoms with Crippen LogP contribution in [-0.2, 0) is 0 Å². The molecule has 2 rings (SSSR count). The summed E-state index contributed by atoms with van der Waals surface area (Å²) in [5.41, 5.74) is 0.245. The van der Waals surface area contributed by atoms with E-state index in [0.717, 1.165) is 25.3 Å². The second kappa shape index (κ2) is 6.22. The van der Waals surface area contributed by atoms with Gasteiger partial charge in [-0.2, -0.15) is 0 Å². The van der Waals surface area contributed by atoms with Crippen molar-refractivity contribution in [3.8, 4) is 5.75 Å². The quantitative estimate of drug-likeness (QED) is 0.892. The first-order chi connectivity index (χ1) is 9.52. The summed E-state index contributed by atoms with van der Waals surface area (Å²) in [6, 6.07) is 3.68. The fourth-order valence-electron chi connectivity index (χ4n) is 2.64. The maximum absolute atomic E-state index is 13.3. The number of halogens is 1. The number of amides is 1. The van der Waals surface area contributed by atoms with Crippen LogP contribution in [0.25, 0.3) is 0 Å². The molecular weight excluding hydrogens is 261 g/mol. The molecule has 1 amide bonds. The van der Waals surface area contributed by atoms with Crippen LogP contribution in [0.4, 0.5) is 4.39 Å². The number of carbonyl (C=O) groups is 1. The average Bonchev–Trinajstić information content (AvgIpc) is 2.48. The molecule has 2 N–H and O–H groups in total. The van der Waals surface area contributed by atoms with E-state index >= 15 is 0 Å². The monoisotopic (exact) mass is 281 g/mol. The Balaban J connectivity index is 1.99. The summed E-state index contributed by atoms with van der Waals surface area (Å²) >= 11 is 0. The number of phenolic OH excluding ortho intramolecular Hbond substituents is 1. The van der Waals surface area contributed by atoms with Gasteiger partial charge in [0.1, 0.15) is 0 Å². The molecule has 0 unspecified atom stereocenters. The summed E-state index contributed by atoms with van der Waals surface area (Å²) in [6.45, 7) is 3.09. The Morgan fingerprint density at radius 2 is 2.10 bits per heavy atom. The third-order valence-corrected chi connectivity index (χ3v) is 3.98. The van der Waals surface area contributed by atoms with Crippen molar-refractivity contribution in [3.63, 3.8) is 0 Å². The summed E-state index contributed by atoms with van der Waals surface area (Å²) in [5.74, 6) is -1.23.